The molecule has 0 radical (unpaired) electrons. The second kappa shape index (κ2) is 15.6. The highest BCUT2D eigenvalue weighted by Crippen LogP contribution is 2.31. The molecule has 1 aromatic carbocycles. The van der Waals surface area contributed by atoms with E-state index in [2.05, 4.69) is 41.2 Å². The zero-order valence-electron chi connectivity index (χ0n) is 21.2. The topological polar surface area (TPSA) is 49.4 Å². The Kier molecular flexibility index (Phi) is 13.2. The molecule has 10 heteroatoms. The fraction of sp³-hybridized carbons (Fsp3) is 0.692. The smallest absolute Gasteiger partial charge is 0.234 e. The van der Waals surface area contributed by atoms with Crippen LogP contribution < -0.4 is 5.32 Å². The van der Waals surface area contributed by atoms with E-state index in [1.165, 1.54) is 43.2 Å². The number of benzene rings is 1. The number of nitrogens with zero attached hydrogens (tertiary/aromatic N) is 1. The molecule has 36 heavy (non-hydrogen) atoms. The minimum absolute atomic E-state index is 0.00760. The van der Waals surface area contributed by atoms with Gasteiger partial charge >= 0.3 is 0 Å². The number of thioether (sulfide) groups is 2. The summed E-state index contributed by atoms with van der Waals surface area (Å²) >= 11 is 19.6. The van der Waals surface area contributed by atoms with Gasteiger partial charge in [-0.15, -0.1) is 0 Å². The molecule has 3 aliphatic rings. The Morgan fingerprint density at radius 3 is 2.19 bits per heavy atom. The maximum atomic E-state index is 13.2. The molecule has 4 rings (SSSR count). The molecule has 2 bridgehead atoms. The summed E-state index contributed by atoms with van der Waals surface area (Å²) in [5.41, 5.74) is 2.85. The number of carbonyl (C=O) groups excluding carboxylic acids is 2. The van der Waals surface area contributed by atoms with Gasteiger partial charge < -0.3 is 5.32 Å². The van der Waals surface area contributed by atoms with Crippen molar-refractivity contribution in [1.82, 2.24) is 9.62 Å². The normalized spacial score (nSPS) is 25.4. The molecular weight excluding hydrogens is 565 g/mol. The van der Waals surface area contributed by atoms with Crippen molar-refractivity contribution in [3.05, 3.63) is 35.4 Å². The molecule has 0 saturated carbocycles. The van der Waals surface area contributed by atoms with Crippen LogP contribution in [0.2, 0.25) is 0 Å². The van der Waals surface area contributed by atoms with Gasteiger partial charge in [-0.1, -0.05) is 68.5 Å². The molecule has 0 aliphatic carbocycles. The predicted octanol–water partition coefficient (Wildman–Crippen LogP) is 6.44. The zero-order chi connectivity index (χ0) is 26.0. The lowest BCUT2D eigenvalue weighted by atomic mass is 9.94. The third kappa shape index (κ3) is 9.95. The zero-order valence-corrected chi connectivity index (χ0v) is 26.2. The SMILES string of the molecule is CCC(=O)N(C1CC2CCCCCCC(CCC(=O)N1)CSCc1ccccc1CSC2)S(=S)(=S)S. The first-order chi connectivity index (χ1) is 17.3. The number of fused-ring (bicyclic) bond motifs is 14. The standard InChI is InChI=1S/C26H40N2O2S6/c1-2-26(30)28(36(31,32)33)24-15-21-10-6-4-3-5-9-20(13-14-25(29)27-24)16-34-18-22-11-7-8-12-23(22)19-35-17-21/h7-8,11-12,20-21,24H,2-6,9-10,13-19H2,1H3,(H,27,29)(H,31,32,33). The summed E-state index contributed by atoms with van der Waals surface area (Å²) in [7, 11) is 0. The molecule has 1 fully saturated rings. The summed E-state index contributed by atoms with van der Waals surface area (Å²) in [6, 6.07) is 8.81. The first-order valence-corrected chi connectivity index (χ1v) is 19.9. The fourth-order valence-corrected chi connectivity index (χ4v) is 10.2. The lowest BCUT2D eigenvalue weighted by molar-refractivity contribution is -0.129. The molecular formula is C26H40N2O2S6. The van der Waals surface area contributed by atoms with Crippen LogP contribution in [0.3, 0.4) is 0 Å². The Balaban J connectivity index is 1.93. The highest BCUT2D eigenvalue weighted by Gasteiger charge is 2.31. The Morgan fingerprint density at radius 1 is 1.03 bits per heavy atom. The third-order valence-electron chi connectivity index (χ3n) is 7.06. The van der Waals surface area contributed by atoms with Gasteiger partial charge in [-0.3, -0.25) is 13.9 Å². The van der Waals surface area contributed by atoms with Crippen LogP contribution in [0.5, 0.6) is 0 Å². The van der Waals surface area contributed by atoms with Crippen molar-refractivity contribution in [3.63, 3.8) is 0 Å². The minimum atomic E-state index is -2.46. The number of carbonyl (C=O) groups is 2. The lowest BCUT2D eigenvalue weighted by Gasteiger charge is -2.35. The Hall–Kier alpha value is 0.000000000000000222. The first kappa shape index (κ1) is 30.5. The van der Waals surface area contributed by atoms with Gasteiger partial charge in [0, 0.05) is 30.7 Å². The van der Waals surface area contributed by atoms with E-state index in [9.17, 15) is 9.59 Å². The molecule has 3 atom stereocenters. The van der Waals surface area contributed by atoms with E-state index < -0.39 is 12.5 Å². The van der Waals surface area contributed by atoms with Gasteiger partial charge in [0.1, 0.15) is 6.17 Å². The van der Waals surface area contributed by atoms with E-state index in [0.717, 1.165) is 35.9 Å². The van der Waals surface area contributed by atoms with E-state index in [4.69, 9.17) is 22.4 Å². The minimum Gasteiger partial charge on any atom is -0.335 e. The molecule has 2 amide bonds. The van der Waals surface area contributed by atoms with E-state index in [-0.39, 0.29) is 11.8 Å². The summed E-state index contributed by atoms with van der Waals surface area (Å²) in [6.07, 6.45) is 6.51. The fourth-order valence-electron chi connectivity index (χ4n) is 5.05. The van der Waals surface area contributed by atoms with Gasteiger partial charge in [0.2, 0.25) is 11.8 Å². The molecule has 3 heterocycles. The Morgan fingerprint density at radius 2 is 1.61 bits per heavy atom. The quantitative estimate of drug-likeness (QED) is 0.306. The predicted molar refractivity (Wildman–Crippen MR) is 167 cm³/mol. The largest absolute Gasteiger partial charge is 0.335 e. The van der Waals surface area contributed by atoms with E-state index in [1.807, 2.05) is 30.4 Å². The third-order valence-corrected chi connectivity index (χ3v) is 12.0. The van der Waals surface area contributed by atoms with Gasteiger partial charge in [0.15, 0.2) is 0 Å². The van der Waals surface area contributed by atoms with E-state index >= 15 is 0 Å². The Labute approximate surface area is 241 Å². The second-order valence-corrected chi connectivity index (χ2v) is 19.8. The van der Waals surface area contributed by atoms with Crippen LogP contribution in [0, 0.1) is 11.8 Å². The monoisotopic (exact) mass is 604 g/mol. The van der Waals surface area contributed by atoms with Crippen LogP contribution >= 0.6 is 35.2 Å². The lowest BCUT2D eigenvalue weighted by Crippen LogP contribution is -2.52. The van der Waals surface area contributed by atoms with Gasteiger partial charge in [-0.05, 0) is 82.5 Å². The maximum Gasteiger partial charge on any atom is 0.234 e. The number of amides is 2. The average molecular weight is 605 g/mol. The summed E-state index contributed by atoms with van der Waals surface area (Å²) in [5, 5.41) is 3.19. The molecule has 3 aliphatic heterocycles. The van der Waals surface area contributed by atoms with Gasteiger partial charge in [0.05, 0.1) is 0 Å². The maximum absolute atomic E-state index is 13.2. The van der Waals surface area contributed by atoms with Crippen LogP contribution in [0.25, 0.3) is 0 Å². The first-order valence-electron chi connectivity index (χ1n) is 13.1. The molecule has 4 nitrogen and oxygen atoms in total. The Bertz CT molecular complexity index is 971. The number of hydrogen-bond acceptors (Lipinski definition) is 6. The van der Waals surface area contributed by atoms with Gasteiger partial charge in [-0.25, -0.2) is 0 Å². The molecule has 1 saturated heterocycles. The summed E-state index contributed by atoms with van der Waals surface area (Å²) in [4.78, 5) is 26.2. The van der Waals surface area contributed by atoms with Crippen molar-refractivity contribution in [2.24, 2.45) is 11.8 Å². The van der Waals surface area contributed by atoms with Crippen molar-refractivity contribution in [1.29, 1.82) is 0 Å². The average Bonchev–Trinajstić information content (AvgIpc) is 2.82. The van der Waals surface area contributed by atoms with Crippen molar-refractivity contribution in [2.75, 3.05) is 11.5 Å². The highest BCUT2D eigenvalue weighted by molar-refractivity contribution is 8.92. The second-order valence-electron chi connectivity index (χ2n) is 9.90. The molecule has 202 valence electrons. The number of nitrogens with one attached hydrogen (secondary N) is 1. The number of rotatable bonds is 3. The summed E-state index contributed by atoms with van der Waals surface area (Å²) in [6.45, 7) is 1.81. The molecule has 1 N–H and O–H groups in total. The molecule has 3 unspecified atom stereocenters. The highest BCUT2D eigenvalue weighted by atomic mass is 33.5. The molecule has 1 aromatic rings. The molecule has 0 spiro atoms. The van der Waals surface area contributed by atoms with Crippen LogP contribution in [-0.4, -0.2) is 33.8 Å². The number of hydrogen-bond donors (Lipinski definition) is 2. The van der Waals surface area contributed by atoms with Gasteiger partial charge in [0.25, 0.3) is 0 Å². The summed E-state index contributed by atoms with van der Waals surface area (Å²) < 4.78 is 1.55. The van der Waals surface area contributed by atoms with E-state index in [0.29, 0.717) is 31.1 Å². The van der Waals surface area contributed by atoms with Crippen LogP contribution in [0.15, 0.2) is 24.3 Å². The van der Waals surface area contributed by atoms with Crippen molar-refractivity contribution < 1.29 is 9.59 Å². The van der Waals surface area contributed by atoms with Crippen molar-refractivity contribution >= 4 is 75.7 Å². The van der Waals surface area contributed by atoms with Crippen LogP contribution in [0.4, 0.5) is 0 Å². The van der Waals surface area contributed by atoms with Crippen molar-refractivity contribution in [2.45, 2.75) is 88.8 Å². The van der Waals surface area contributed by atoms with Crippen molar-refractivity contribution in [3.8, 4) is 0 Å². The van der Waals surface area contributed by atoms with Crippen LogP contribution in [-0.2, 0) is 49.8 Å². The molecule has 0 aromatic heterocycles. The van der Waals surface area contributed by atoms with Gasteiger partial charge in [-0.2, -0.15) is 23.5 Å². The summed E-state index contributed by atoms with van der Waals surface area (Å²) in [5.74, 6) is 4.81. The van der Waals surface area contributed by atoms with Crippen LogP contribution in [0.1, 0.15) is 82.3 Å². The van der Waals surface area contributed by atoms with E-state index in [1.54, 1.807) is 4.31 Å². The number of thiol groups is 1.